The van der Waals surface area contributed by atoms with Crippen LogP contribution in [0.25, 0.3) is 0 Å². The van der Waals surface area contributed by atoms with Gasteiger partial charge in [-0.2, -0.15) is 0 Å². The highest BCUT2D eigenvalue weighted by Crippen LogP contribution is 2.08. The summed E-state index contributed by atoms with van der Waals surface area (Å²) in [6.07, 6.45) is 1.27. The van der Waals surface area contributed by atoms with Gasteiger partial charge in [-0.15, -0.1) is 10.2 Å². The van der Waals surface area contributed by atoms with Gasteiger partial charge in [-0.1, -0.05) is 12.1 Å². The lowest BCUT2D eigenvalue weighted by Gasteiger charge is -2.06. The summed E-state index contributed by atoms with van der Waals surface area (Å²) in [7, 11) is 0. The van der Waals surface area contributed by atoms with Crippen LogP contribution in [0.1, 0.15) is 35.4 Å². The summed E-state index contributed by atoms with van der Waals surface area (Å²) in [5, 5.41) is 28.0. The van der Waals surface area contributed by atoms with Gasteiger partial charge in [0.25, 0.3) is 0 Å². The number of aromatic nitrogens is 7. The second-order valence-corrected chi connectivity index (χ2v) is 4.20. The van der Waals surface area contributed by atoms with Crippen molar-refractivity contribution >= 4 is 5.97 Å². The number of aromatic carboxylic acids is 1. The minimum absolute atomic E-state index is 0.0787. The predicted octanol–water partition coefficient (Wildman–Crippen LogP) is -1.08. The maximum atomic E-state index is 11.1. The molecule has 0 aliphatic heterocycles. The van der Waals surface area contributed by atoms with Crippen molar-refractivity contribution < 1.29 is 9.90 Å². The molecule has 0 atom stereocenters. The van der Waals surface area contributed by atoms with Crippen molar-refractivity contribution in [3.05, 3.63) is 17.2 Å². The molecule has 0 unspecified atom stereocenters. The molecule has 0 saturated heterocycles. The first-order chi connectivity index (χ1) is 9.67. The summed E-state index contributed by atoms with van der Waals surface area (Å²) in [5.41, 5.74) is 5.90. The minimum atomic E-state index is -1.12. The number of nitrogens with two attached hydrogens (primary N) is 1. The van der Waals surface area contributed by atoms with E-state index in [1.54, 1.807) is 4.68 Å². The Hall–Kier alpha value is -2.36. The molecule has 0 spiro atoms. The zero-order valence-electron chi connectivity index (χ0n) is 11.1. The second-order valence-electron chi connectivity index (χ2n) is 4.20. The highest BCUT2D eigenvalue weighted by atomic mass is 16.4. The van der Waals surface area contributed by atoms with Crippen LogP contribution in [0.5, 0.6) is 0 Å². The lowest BCUT2D eigenvalue weighted by Crippen LogP contribution is -2.16. The Balaban J connectivity index is 2.28. The topological polar surface area (TPSA) is 138 Å². The molecule has 0 aliphatic carbocycles. The van der Waals surface area contributed by atoms with Crippen LogP contribution in [0, 0.1) is 0 Å². The van der Waals surface area contributed by atoms with E-state index in [0.717, 1.165) is 6.42 Å². The van der Waals surface area contributed by atoms with E-state index in [1.807, 2.05) is 6.92 Å². The van der Waals surface area contributed by atoms with Gasteiger partial charge in [0.05, 0.1) is 5.69 Å². The van der Waals surface area contributed by atoms with Gasteiger partial charge in [0.15, 0.2) is 11.5 Å². The molecule has 2 heterocycles. The van der Waals surface area contributed by atoms with Crippen molar-refractivity contribution in [1.29, 1.82) is 0 Å². The van der Waals surface area contributed by atoms with Crippen LogP contribution in [-0.2, 0) is 19.5 Å². The first kappa shape index (κ1) is 14.1. The summed E-state index contributed by atoms with van der Waals surface area (Å²) < 4.78 is 3.14. The third-order valence-corrected chi connectivity index (χ3v) is 2.75. The van der Waals surface area contributed by atoms with E-state index in [9.17, 15) is 4.79 Å². The minimum Gasteiger partial charge on any atom is -0.476 e. The number of carboxylic acid groups (broad SMARTS) is 1. The number of tetrazole rings is 1. The molecule has 10 heteroatoms. The molecule has 0 bridgehead atoms. The van der Waals surface area contributed by atoms with Crippen LogP contribution in [0.15, 0.2) is 0 Å². The molecular formula is C10H16N8O2. The molecule has 2 rings (SSSR count). The highest BCUT2D eigenvalue weighted by Gasteiger charge is 2.19. The number of aryl methyl sites for hydroxylation is 1. The lowest BCUT2D eigenvalue weighted by atomic mass is 10.2. The Kier molecular flexibility index (Phi) is 4.35. The van der Waals surface area contributed by atoms with Crippen molar-refractivity contribution in [3.8, 4) is 0 Å². The second kappa shape index (κ2) is 6.19. The summed E-state index contributed by atoms with van der Waals surface area (Å²) in [4.78, 5) is 11.1. The molecule has 0 fully saturated rings. The average Bonchev–Trinajstić information content (AvgIpc) is 3.00. The SMILES string of the molecule is CCCn1nnnc1Cn1nnc(C(=O)O)c1CCN. The van der Waals surface area contributed by atoms with Crippen LogP contribution >= 0.6 is 0 Å². The van der Waals surface area contributed by atoms with E-state index in [1.165, 1.54) is 4.68 Å². The smallest absolute Gasteiger partial charge is 0.358 e. The number of hydrogen-bond acceptors (Lipinski definition) is 7. The predicted molar refractivity (Wildman–Crippen MR) is 66.9 cm³/mol. The molecule has 3 N–H and O–H groups in total. The van der Waals surface area contributed by atoms with Crippen LogP contribution in [0.3, 0.4) is 0 Å². The van der Waals surface area contributed by atoms with E-state index in [-0.39, 0.29) is 12.2 Å². The van der Waals surface area contributed by atoms with Gasteiger partial charge in [0, 0.05) is 13.0 Å². The Morgan fingerprint density at radius 3 is 2.75 bits per heavy atom. The van der Waals surface area contributed by atoms with Crippen molar-refractivity contribution in [3.63, 3.8) is 0 Å². The van der Waals surface area contributed by atoms with Gasteiger partial charge in [-0.3, -0.25) is 0 Å². The molecule has 10 nitrogen and oxygen atoms in total. The third kappa shape index (κ3) is 2.79. The number of carbonyl (C=O) groups is 1. The van der Waals surface area contributed by atoms with Gasteiger partial charge >= 0.3 is 5.97 Å². The summed E-state index contributed by atoms with van der Waals surface area (Å²) >= 11 is 0. The van der Waals surface area contributed by atoms with Crippen LogP contribution in [0.4, 0.5) is 0 Å². The monoisotopic (exact) mass is 280 g/mol. The van der Waals surface area contributed by atoms with E-state index in [2.05, 4.69) is 25.8 Å². The molecule has 108 valence electrons. The Morgan fingerprint density at radius 2 is 2.10 bits per heavy atom. The van der Waals surface area contributed by atoms with Gasteiger partial charge in [0.1, 0.15) is 6.54 Å². The molecule has 0 radical (unpaired) electrons. The molecule has 20 heavy (non-hydrogen) atoms. The number of carboxylic acids is 1. The quantitative estimate of drug-likeness (QED) is 0.653. The van der Waals surface area contributed by atoms with Gasteiger partial charge in [-0.05, 0) is 23.4 Å². The first-order valence-electron chi connectivity index (χ1n) is 6.28. The molecule has 2 aromatic rings. The van der Waals surface area contributed by atoms with Gasteiger partial charge in [-0.25, -0.2) is 14.2 Å². The fraction of sp³-hybridized carbons (Fsp3) is 0.600. The van der Waals surface area contributed by atoms with Crippen molar-refractivity contribution in [2.45, 2.75) is 32.9 Å². The Morgan fingerprint density at radius 1 is 1.30 bits per heavy atom. The van der Waals surface area contributed by atoms with E-state index < -0.39 is 5.97 Å². The van der Waals surface area contributed by atoms with Crippen LogP contribution in [0.2, 0.25) is 0 Å². The zero-order valence-corrected chi connectivity index (χ0v) is 11.1. The largest absolute Gasteiger partial charge is 0.476 e. The van der Waals surface area contributed by atoms with E-state index in [4.69, 9.17) is 10.8 Å². The normalized spacial score (nSPS) is 10.9. The van der Waals surface area contributed by atoms with Gasteiger partial charge < -0.3 is 10.8 Å². The zero-order chi connectivity index (χ0) is 14.5. The molecule has 0 aliphatic rings. The molecule has 2 aromatic heterocycles. The average molecular weight is 280 g/mol. The van der Waals surface area contributed by atoms with Crippen molar-refractivity contribution in [1.82, 2.24) is 35.2 Å². The number of hydrogen-bond donors (Lipinski definition) is 2. The standard InChI is InChI=1S/C10H16N8O2/c1-2-5-17-8(12-14-16-17)6-18-7(3-4-11)9(10(19)20)13-15-18/h2-6,11H2,1H3,(H,19,20). The van der Waals surface area contributed by atoms with Gasteiger partial charge in [0.2, 0.25) is 0 Å². The third-order valence-electron chi connectivity index (χ3n) is 2.75. The summed E-state index contributed by atoms with van der Waals surface area (Å²) in [6, 6.07) is 0. The Bertz CT molecular complexity index is 590. The number of nitrogens with zero attached hydrogens (tertiary/aromatic N) is 7. The molecule has 0 aromatic carbocycles. The first-order valence-corrected chi connectivity index (χ1v) is 6.28. The molecule has 0 saturated carbocycles. The summed E-state index contributed by atoms with van der Waals surface area (Å²) in [6.45, 7) is 3.29. The maximum Gasteiger partial charge on any atom is 0.358 e. The molecule has 0 amide bonds. The maximum absolute atomic E-state index is 11.1. The van der Waals surface area contributed by atoms with Crippen molar-refractivity contribution in [2.24, 2.45) is 5.73 Å². The van der Waals surface area contributed by atoms with Crippen LogP contribution < -0.4 is 5.73 Å². The number of rotatable bonds is 7. The van der Waals surface area contributed by atoms with E-state index in [0.29, 0.717) is 31.0 Å². The van der Waals surface area contributed by atoms with Crippen molar-refractivity contribution in [2.75, 3.05) is 6.54 Å². The molecular weight excluding hydrogens is 264 g/mol. The lowest BCUT2D eigenvalue weighted by molar-refractivity contribution is 0.0689. The fourth-order valence-electron chi connectivity index (χ4n) is 1.87. The highest BCUT2D eigenvalue weighted by molar-refractivity contribution is 5.86. The Labute approximate surface area is 114 Å². The van der Waals surface area contributed by atoms with E-state index >= 15 is 0 Å². The summed E-state index contributed by atoms with van der Waals surface area (Å²) in [5.74, 6) is -0.514. The van der Waals surface area contributed by atoms with Crippen LogP contribution in [-0.4, -0.2) is 52.8 Å². The fourth-order valence-corrected chi connectivity index (χ4v) is 1.87.